The predicted molar refractivity (Wildman–Crippen MR) is 71.6 cm³/mol. The second-order valence-corrected chi connectivity index (χ2v) is 5.09. The molecule has 104 valence electrons. The van der Waals surface area contributed by atoms with Crippen LogP contribution in [0, 0.1) is 0 Å². The lowest BCUT2D eigenvalue weighted by Gasteiger charge is -2.09. The number of aromatic nitrogens is 1. The summed E-state index contributed by atoms with van der Waals surface area (Å²) in [5, 5.41) is 0.932. The minimum Gasteiger partial charge on any atom is -0.493 e. The largest absolute Gasteiger partial charge is 0.493 e. The predicted octanol–water partition coefficient (Wildman–Crippen LogP) is 4.29. The fraction of sp³-hybridized carbons (Fsp3) is 0.385. The number of hydrogen-bond acceptors (Lipinski definition) is 2. The highest BCUT2D eigenvalue weighted by atomic mass is 32.2. The fourth-order valence-corrected chi connectivity index (χ4v) is 2.45. The Hall–Kier alpha value is -1.30. The quantitative estimate of drug-likeness (QED) is 0.815. The fourth-order valence-electron chi connectivity index (χ4n) is 1.93. The summed E-state index contributed by atoms with van der Waals surface area (Å²) < 4.78 is 43.6. The summed E-state index contributed by atoms with van der Waals surface area (Å²) in [6.45, 7) is 2.78. The molecule has 0 unspecified atom stereocenters. The van der Waals surface area contributed by atoms with Crippen LogP contribution in [-0.2, 0) is 6.54 Å². The first-order chi connectivity index (χ1) is 9.01. The van der Waals surface area contributed by atoms with Gasteiger partial charge in [-0.2, -0.15) is 13.2 Å². The number of halogens is 3. The standard InChI is InChI=1S/C13H14F3NOS/c1-2-18-12-5-3-4-11-10(12)6-7-17(11)8-9-19-13(14,15)16/h3-7H,2,8-9H2,1H3. The van der Waals surface area contributed by atoms with E-state index in [9.17, 15) is 13.2 Å². The lowest BCUT2D eigenvalue weighted by molar-refractivity contribution is -0.0328. The minimum absolute atomic E-state index is 0.00274. The van der Waals surface area contributed by atoms with Crippen molar-refractivity contribution in [2.75, 3.05) is 12.4 Å². The molecule has 0 aliphatic rings. The van der Waals surface area contributed by atoms with Crippen LogP contribution in [0.5, 0.6) is 5.75 Å². The molecule has 2 rings (SSSR count). The van der Waals surface area contributed by atoms with Gasteiger partial charge in [-0.3, -0.25) is 0 Å². The normalized spacial score (nSPS) is 12.0. The first kappa shape index (κ1) is 14.1. The van der Waals surface area contributed by atoms with Crippen LogP contribution in [-0.4, -0.2) is 22.4 Å². The van der Waals surface area contributed by atoms with Gasteiger partial charge in [0.15, 0.2) is 0 Å². The zero-order valence-electron chi connectivity index (χ0n) is 10.4. The van der Waals surface area contributed by atoms with Crippen LogP contribution in [0.4, 0.5) is 13.2 Å². The van der Waals surface area contributed by atoms with E-state index in [0.717, 1.165) is 16.7 Å². The lowest BCUT2D eigenvalue weighted by atomic mass is 10.2. The van der Waals surface area contributed by atoms with Crippen molar-refractivity contribution in [1.29, 1.82) is 0 Å². The van der Waals surface area contributed by atoms with Gasteiger partial charge >= 0.3 is 5.51 Å². The maximum Gasteiger partial charge on any atom is 0.441 e. The smallest absolute Gasteiger partial charge is 0.441 e. The highest BCUT2D eigenvalue weighted by Gasteiger charge is 2.27. The van der Waals surface area contributed by atoms with Crippen molar-refractivity contribution in [2.24, 2.45) is 0 Å². The summed E-state index contributed by atoms with van der Waals surface area (Å²) in [6, 6.07) is 7.47. The molecule has 1 heterocycles. The second-order valence-electron chi connectivity index (χ2n) is 3.93. The van der Waals surface area contributed by atoms with Gasteiger partial charge in [0.25, 0.3) is 0 Å². The highest BCUT2D eigenvalue weighted by Crippen LogP contribution is 2.31. The third-order valence-corrected chi connectivity index (χ3v) is 3.39. The molecule has 0 amide bonds. The van der Waals surface area contributed by atoms with E-state index in [1.165, 1.54) is 0 Å². The summed E-state index contributed by atoms with van der Waals surface area (Å²) in [5.74, 6) is 0.772. The molecular weight excluding hydrogens is 275 g/mol. The Morgan fingerprint density at radius 3 is 2.74 bits per heavy atom. The number of alkyl halides is 3. The monoisotopic (exact) mass is 289 g/mol. The number of ether oxygens (including phenoxy) is 1. The van der Waals surface area contributed by atoms with Crippen molar-refractivity contribution in [3.8, 4) is 5.75 Å². The van der Waals surface area contributed by atoms with E-state index >= 15 is 0 Å². The van der Waals surface area contributed by atoms with Gasteiger partial charge in [-0.1, -0.05) is 6.07 Å². The summed E-state index contributed by atoms with van der Waals surface area (Å²) in [5.41, 5.74) is -3.27. The van der Waals surface area contributed by atoms with Crippen LogP contribution in [0.3, 0.4) is 0 Å². The van der Waals surface area contributed by atoms with Crippen LogP contribution >= 0.6 is 11.8 Å². The topological polar surface area (TPSA) is 14.2 Å². The Morgan fingerprint density at radius 2 is 2.05 bits per heavy atom. The molecule has 0 spiro atoms. The van der Waals surface area contributed by atoms with E-state index in [2.05, 4.69) is 0 Å². The number of benzene rings is 1. The van der Waals surface area contributed by atoms with Crippen molar-refractivity contribution in [3.05, 3.63) is 30.5 Å². The third-order valence-electron chi connectivity index (χ3n) is 2.67. The van der Waals surface area contributed by atoms with Gasteiger partial charge in [0.1, 0.15) is 5.75 Å². The molecule has 0 N–H and O–H groups in total. The number of thioether (sulfide) groups is 1. The SMILES string of the molecule is CCOc1cccc2c1ccn2CCSC(F)(F)F. The van der Waals surface area contributed by atoms with Crippen molar-refractivity contribution < 1.29 is 17.9 Å². The molecule has 0 aliphatic heterocycles. The molecule has 19 heavy (non-hydrogen) atoms. The molecule has 0 radical (unpaired) electrons. The van der Waals surface area contributed by atoms with E-state index in [1.807, 2.05) is 35.8 Å². The third kappa shape index (κ3) is 3.59. The maximum atomic E-state index is 12.1. The van der Waals surface area contributed by atoms with E-state index in [-0.39, 0.29) is 17.5 Å². The summed E-state index contributed by atoms with van der Waals surface area (Å²) in [6.07, 6.45) is 1.80. The molecule has 1 aromatic heterocycles. The van der Waals surface area contributed by atoms with Crippen LogP contribution < -0.4 is 4.74 Å². The Balaban J connectivity index is 2.14. The molecule has 2 nitrogen and oxygen atoms in total. The molecule has 1 aromatic carbocycles. The number of hydrogen-bond donors (Lipinski definition) is 0. The van der Waals surface area contributed by atoms with Crippen LogP contribution in [0.1, 0.15) is 6.92 Å². The second kappa shape index (κ2) is 5.77. The average Bonchev–Trinajstić information content (AvgIpc) is 2.73. The Bertz CT molecular complexity index is 550. The van der Waals surface area contributed by atoms with Crippen LogP contribution in [0.2, 0.25) is 0 Å². The summed E-state index contributed by atoms with van der Waals surface area (Å²) in [4.78, 5) is 0. The number of fused-ring (bicyclic) bond motifs is 1. The minimum atomic E-state index is -4.17. The zero-order valence-corrected chi connectivity index (χ0v) is 11.2. The van der Waals surface area contributed by atoms with E-state index < -0.39 is 5.51 Å². The molecule has 6 heteroatoms. The summed E-state index contributed by atoms with van der Waals surface area (Å²) >= 11 is 0.00274. The molecule has 0 atom stereocenters. The van der Waals surface area contributed by atoms with Gasteiger partial charge in [-0.15, -0.1) is 0 Å². The van der Waals surface area contributed by atoms with Crippen LogP contribution in [0.15, 0.2) is 30.5 Å². The first-order valence-corrected chi connectivity index (χ1v) is 6.91. The lowest BCUT2D eigenvalue weighted by Crippen LogP contribution is -2.06. The van der Waals surface area contributed by atoms with E-state index in [1.54, 1.807) is 6.20 Å². The first-order valence-electron chi connectivity index (χ1n) is 5.92. The zero-order chi connectivity index (χ0) is 13.9. The number of aryl methyl sites for hydroxylation is 1. The van der Waals surface area contributed by atoms with E-state index in [4.69, 9.17) is 4.74 Å². The van der Waals surface area contributed by atoms with Gasteiger partial charge in [-0.05, 0) is 36.9 Å². The molecule has 2 aromatic rings. The summed E-state index contributed by atoms with van der Waals surface area (Å²) in [7, 11) is 0. The molecular formula is C13H14F3NOS. The van der Waals surface area contributed by atoms with Crippen LogP contribution in [0.25, 0.3) is 10.9 Å². The average molecular weight is 289 g/mol. The van der Waals surface area contributed by atoms with Crippen molar-refractivity contribution >= 4 is 22.7 Å². The Morgan fingerprint density at radius 1 is 1.26 bits per heavy atom. The molecule has 0 aliphatic carbocycles. The molecule has 0 fully saturated rings. The van der Waals surface area contributed by atoms with Gasteiger partial charge in [-0.25, -0.2) is 0 Å². The molecule has 0 saturated heterocycles. The van der Waals surface area contributed by atoms with Gasteiger partial charge in [0, 0.05) is 23.9 Å². The van der Waals surface area contributed by atoms with Gasteiger partial charge in [0.2, 0.25) is 0 Å². The van der Waals surface area contributed by atoms with Crippen molar-refractivity contribution in [2.45, 2.75) is 19.0 Å². The van der Waals surface area contributed by atoms with E-state index in [0.29, 0.717) is 13.2 Å². The van der Waals surface area contributed by atoms with Gasteiger partial charge in [0.05, 0.1) is 12.1 Å². The Kier molecular flexibility index (Phi) is 4.29. The molecule has 0 saturated carbocycles. The highest BCUT2D eigenvalue weighted by molar-refractivity contribution is 8.00. The maximum absolute atomic E-state index is 12.1. The van der Waals surface area contributed by atoms with Crippen molar-refractivity contribution in [3.63, 3.8) is 0 Å². The number of nitrogens with zero attached hydrogens (tertiary/aromatic N) is 1. The Labute approximate surface area is 113 Å². The van der Waals surface area contributed by atoms with Gasteiger partial charge < -0.3 is 9.30 Å². The van der Waals surface area contributed by atoms with Crippen molar-refractivity contribution in [1.82, 2.24) is 4.57 Å². The molecule has 0 bridgehead atoms. The number of rotatable bonds is 5.